The zero-order chi connectivity index (χ0) is 17.2. The minimum Gasteiger partial charge on any atom is -0.342 e. The third-order valence-electron chi connectivity index (χ3n) is 5.32. The van der Waals surface area contributed by atoms with E-state index in [0.29, 0.717) is 17.1 Å². The van der Waals surface area contributed by atoms with E-state index in [1.54, 1.807) is 12.1 Å². The number of nitrogens with one attached hydrogen (secondary N) is 1. The molecule has 1 spiro atoms. The molecule has 2 saturated heterocycles. The van der Waals surface area contributed by atoms with Crippen molar-refractivity contribution in [3.05, 3.63) is 29.3 Å². The van der Waals surface area contributed by atoms with Gasteiger partial charge < -0.3 is 15.1 Å². The van der Waals surface area contributed by atoms with Crippen LogP contribution in [0.15, 0.2) is 24.3 Å². The minimum absolute atomic E-state index is 0.0775. The lowest BCUT2D eigenvalue weighted by Crippen LogP contribution is -2.52. The van der Waals surface area contributed by atoms with E-state index in [1.807, 2.05) is 28.9 Å². The summed E-state index contributed by atoms with van der Waals surface area (Å²) in [6, 6.07) is 7.11. The van der Waals surface area contributed by atoms with Gasteiger partial charge in [0.2, 0.25) is 5.91 Å². The van der Waals surface area contributed by atoms with Gasteiger partial charge in [-0.15, -0.1) is 0 Å². The highest BCUT2D eigenvalue weighted by Gasteiger charge is 2.41. The molecule has 0 atom stereocenters. The molecule has 5 nitrogen and oxygen atoms in total. The lowest BCUT2D eigenvalue weighted by molar-refractivity contribution is -0.138. The molecule has 130 valence electrons. The predicted octanol–water partition coefficient (Wildman–Crippen LogP) is 3.60. The Morgan fingerprint density at radius 1 is 1.29 bits per heavy atom. The molecular formula is C18H24ClN3O2. The van der Waals surface area contributed by atoms with E-state index in [1.165, 1.54) is 0 Å². The number of carbonyl (C=O) groups is 2. The Hall–Kier alpha value is -1.75. The highest BCUT2D eigenvalue weighted by atomic mass is 35.5. The molecule has 0 saturated carbocycles. The summed E-state index contributed by atoms with van der Waals surface area (Å²) in [6.45, 7) is 5.12. The normalized spacial score (nSPS) is 20.3. The van der Waals surface area contributed by atoms with Gasteiger partial charge in [0, 0.05) is 43.3 Å². The van der Waals surface area contributed by atoms with Crippen molar-refractivity contribution in [2.75, 3.05) is 31.5 Å². The maximum Gasteiger partial charge on any atom is 0.321 e. The first-order valence-corrected chi connectivity index (χ1v) is 8.98. The second-order valence-electron chi connectivity index (χ2n) is 6.84. The van der Waals surface area contributed by atoms with Crippen LogP contribution >= 0.6 is 11.6 Å². The van der Waals surface area contributed by atoms with Gasteiger partial charge in [-0.05, 0) is 49.8 Å². The molecule has 24 heavy (non-hydrogen) atoms. The van der Waals surface area contributed by atoms with E-state index >= 15 is 0 Å². The standard InChI is InChI=1S/C18H24ClN3O2/c1-2-21-13-18(7-6-16(21)23)8-10-22(11-9-18)17(24)20-15-5-3-4-14(19)12-15/h3-5,12H,2,6-11,13H2,1H3,(H,20,24). The van der Waals surface area contributed by atoms with Crippen molar-refractivity contribution in [3.63, 3.8) is 0 Å². The number of likely N-dealkylation sites (tertiary alicyclic amines) is 2. The van der Waals surface area contributed by atoms with Crippen molar-refractivity contribution in [2.24, 2.45) is 5.41 Å². The number of amides is 3. The second-order valence-corrected chi connectivity index (χ2v) is 7.27. The minimum atomic E-state index is -0.0775. The fraction of sp³-hybridized carbons (Fsp3) is 0.556. The number of anilines is 1. The molecule has 2 heterocycles. The van der Waals surface area contributed by atoms with Crippen LogP contribution in [0.5, 0.6) is 0 Å². The van der Waals surface area contributed by atoms with Crippen molar-refractivity contribution < 1.29 is 9.59 Å². The smallest absolute Gasteiger partial charge is 0.321 e. The fourth-order valence-corrected chi connectivity index (χ4v) is 3.94. The molecule has 1 N–H and O–H groups in total. The largest absolute Gasteiger partial charge is 0.342 e. The molecule has 2 aliphatic heterocycles. The van der Waals surface area contributed by atoms with Crippen LogP contribution in [0.25, 0.3) is 0 Å². The van der Waals surface area contributed by atoms with E-state index in [4.69, 9.17) is 11.6 Å². The SMILES string of the molecule is CCN1CC2(CCC1=O)CCN(C(=O)Nc1cccc(Cl)c1)CC2. The second kappa shape index (κ2) is 7.01. The topological polar surface area (TPSA) is 52.7 Å². The summed E-state index contributed by atoms with van der Waals surface area (Å²) >= 11 is 5.95. The Bertz CT molecular complexity index is 626. The van der Waals surface area contributed by atoms with E-state index in [9.17, 15) is 9.59 Å². The molecule has 2 fully saturated rings. The van der Waals surface area contributed by atoms with Crippen molar-refractivity contribution >= 4 is 29.2 Å². The number of urea groups is 1. The maximum absolute atomic E-state index is 12.4. The van der Waals surface area contributed by atoms with Crippen LogP contribution in [-0.2, 0) is 4.79 Å². The summed E-state index contributed by atoms with van der Waals surface area (Å²) in [7, 11) is 0. The first-order chi connectivity index (χ1) is 11.5. The van der Waals surface area contributed by atoms with Crippen molar-refractivity contribution in [3.8, 4) is 0 Å². The Balaban J connectivity index is 1.56. The molecule has 3 amide bonds. The van der Waals surface area contributed by atoms with Gasteiger partial charge in [0.15, 0.2) is 0 Å². The molecule has 1 aromatic rings. The fourth-order valence-electron chi connectivity index (χ4n) is 3.75. The van der Waals surface area contributed by atoms with Gasteiger partial charge in [0.25, 0.3) is 0 Å². The van der Waals surface area contributed by atoms with Crippen LogP contribution in [0.4, 0.5) is 10.5 Å². The molecule has 0 bridgehead atoms. The highest BCUT2D eigenvalue weighted by molar-refractivity contribution is 6.30. The number of hydrogen-bond acceptors (Lipinski definition) is 2. The zero-order valence-electron chi connectivity index (χ0n) is 14.1. The predicted molar refractivity (Wildman–Crippen MR) is 95.2 cm³/mol. The Morgan fingerprint density at radius 3 is 2.71 bits per heavy atom. The van der Waals surface area contributed by atoms with E-state index in [0.717, 1.165) is 45.4 Å². The first kappa shape index (κ1) is 17.1. The molecule has 6 heteroatoms. The molecule has 0 aromatic heterocycles. The van der Waals surface area contributed by atoms with Gasteiger partial charge >= 0.3 is 6.03 Å². The number of carbonyl (C=O) groups excluding carboxylic acids is 2. The summed E-state index contributed by atoms with van der Waals surface area (Å²) in [5.41, 5.74) is 0.907. The highest BCUT2D eigenvalue weighted by Crippen LogP contribution is 2.40. The summed E-state index contributed by atoms with van der Waals surface area (Å²) in [6.07, 6.45) is 3.51. The average molecular weight is 350 g/mol. The monoisotopic (exact) mass is 349 g/mol. The third-order valence-corrected chi connectivity index (χ3v) is 5.55. The van der Waals surface area contributed by atoms with Crippen LogP contribution in [0.3, 0.4) is 0 Å². The summed E-state index contributed by atoms with van der Waals surface area (Å²) in [5.74, 6) is 0.268. The molecule has 0 unspecified atom stereocenters. The van der Waals surface area contributed by atoms with Crippen molar-refractivity contribution in [2.45, 2.75) is 32.6 Å². The molecule has 2 aliphatic rings. The zero-order valence-corrected chi connectivity index (χ0v) is 14.8. The number of nitrogens with zero attached hydrogens (tertiary/aromatic N) is 2. The number of hydrogen-bond donors (Lipinski definition) is 1. The van der Waals surface area contributed by atoms with Gasteiger partial charge in [-0.25, -0.2) is 4.79 Å². The number of piperidine rings is 2. The summed E-state index contributed by atoms with van der Waals surface area (Å²) < 4.78 is 0. The van der Waals surface area contributed by atoms with Gasteiger partial charge in [-0.2, -0.15) is 0 Å². The van der Waals surface area contributed by atoms with Crippen LogP contribution in [0, 0.1) is 5.41 Å². The first-order valence-electron chi connectivity index (χ1n) is 8.61. The summed E-state index contributed by atoms with van der Waals surface area (Å²) in [4.78, 5) is 28.1. The lowest BCUT2D eigenvalue weighted by Gasteiger charge is -2.47. The van der Waals surface area contributed by atoms with Crippen LogP contribution in [0.2, 0.25) is 5.02 Å². The van der Waals surface area contributed by atoms with E-state index < -0.39 is 0 Å². The van der Waals surface area contributed by atoms with E-state index in [-0.39, 0.29) is 17.4 Å². The third kappa shape index (κ3) is 3.66. The number of halogens is 1. The van der Waals surface area contributed by atoms with E-state index in [2.05, 4.69) is 5.32 Å². The lowest BCUT2D eigenvalue weighted by atomic mass is 9.72. The van der Waals surface area contributed by atoms with Gasteiger partial charge in [0.1, 0.15) is 0 Å². The molecular weight excluding hydrogens is 326 g/mol. The molecule has 1 aromatic carbocycles. The maximum atomic E-state index is 12.4. The van der Waals surface area contributed by atoms with Gasteiger partial charge in [-0.1, -0.05) is 17.7 Å². The molecule has 0 radical (unpaired) electrons. The van der Waals surface area contributed by atoms with Crippen molar-refractivity contribution in [1.29, 1.82) is 0 Å². The van der Waals surface area contributed by atoms with Gasteiger partial charge in [-0.3, -0.25) is 4.79 Å². The Morgan fingerprint density at radius 2 is 2.04 bits per heavy atom. The summed E-state index contributed by atoms with van der Waals surface area (Å²) in [5, 5.41) is 3.52. The molecule has 0 aliphatic carbocycles. The van der Waals surface area contributed by atoms with Crippen LogP contribution in [-0.4, -0.2) is 47.9 Å². The Kier molecular flexibility index (Phi) is 4.99. The average Bonchev–Trinajstić information content (AvgIpc) is 2.58. The Labute approximate surface area is 147 Å². The van der Waals surface area contributed by atoms with Crippen LogP contribution < -0.4 is 5.32 Å². The van der Waals surface area contributed by atoms with Gasteiger partial charge in [0.05, 0.1) is 0 Å². The molecule has 3 rings (SSSR count). The van der Waals surface area contributed by atoms with Crippen molar-refractivity contribution in [1.82, 2.24) is 9.80 Å². The number of rotatable bonds is 2. The quantitative estimate of drug-likeness (QED) is 0.887. The number of benzene rings is 1. The van der Waals surface area contributed by atoms with Crippen LogP contribution in [0.1, 0.15) is 32.6 Å².